The molecule has 0 radical (unpaired) electrons. The third-order valence-corrected chi connectivity index (χ3v) is 4.94. The summed E-state index contributed by atoms with van der Waals surface area (Å²) in [6.07, 6.45) is 4.25. The molecule has 1 aliphatic rings. The summed E-state index contributed by atoms with van der Waals surface area (Å²) < 4.78 is 5.69. The van der Waals surface area contributed by atoms with Crippen LogP contribution < -0.4 is 10.1 Å². The molecule has 132 valence electrons. The van der Waals surface area contributed by atoms with Crippen molar-refractivity contribution in [1.29, 1.82) is 0 Å². The van der Waals surface area contributed by atoms with Crippen LogP contribution in [0.2, 0.25) is 5.02 Å². The standard InChI is InChI=1S/C21H24ClNO2/c1-14(17-11-10-16-6-3-4-7-18(16)12-17)23-21(24)15(2)25-20-9-5-8-19(22)13-20/h5,8-15H,3-4,6-7H2,1-2H3,(H,23,24)/t14-,15-/m1/s1. The highest BCUT2D eigenvalue weighted by molar-refractivity contribution is 6.30. The van der Waals surface area contributed by atoms with E-state index in [-0.39, 0.29) is 11.9 Å². The first-order valence-electron chi connectivity index (χ1n) is 8.87. The van der Waals surface area contributed by atoms with Crippen molar-refractivity contribution in [3.63, 3.8) is 0 Å². The van der Waals surface area contributed by atoms with Crippen LogP contribution in [0.4, 0.5) is 0 Å². The van der Waals surface area contributed by atoms with Crippen LogP contribution in [0.15, 0.2) is 42.5 Å². The van der Waals surface area contributed by atoms with E-state index in [1.165, 1.54) is 30.4 Å². The predicted molar refractivity (Wildman–Crippen MR) is 101 cm³/mol. The molecule has 0 aliphatic heterocycles. The third kappa shape index (κ3) is 4.55. The van der Waals surface area contributed by atoms with Crippen LogP contribution in [-0.2, 0) is 17.6 Å². The van der Waals surface area contributed by atoms with Crippen LogP contribution in [0.5, 0.6) is 5.75 Å². The van der Waals surface area contributed by atoms with E-state index in [0.29, 0.717) is 10.8 Å². The van der Waals surface area contributed by atoms with Crippen molar-refractivity contribution in [3.8, 4) is 5.75 Å². The second-order valence-electron chi connectivity index (χ2n) is 6.68. The number of fused-ring (bicyclic) bond motifs is 1. The zero-order valence-electron chi connectivity index (χ0n) is 14.7. The zero-order valence-corrected chi connectivity index (χ0v) is 15.5. The topological polar surface area (TPSA) is 38.3 Å². The molecule has 0 unspecified atom stereocenters. The fraction of sp³-hybridized carbons (Fsp3) is 0.381. The maximum atomic E-state index is 12.4. The van der Waals surface area contributed by atoms with Crippen molar-refractivity contribution >= 4 is 17.5 Å². The first-order valence-corrected chi connectivity index (χ1v) is 9.25. The normalized spacial score (nSPS) is 15.8. The van der Waals surface area contributed by atoms with Gasteiger partial charge in [0.25, 0.3) is 5.91 Å². The maximum absolute atomic E-state index is 12.4. The lowest BCUT2D eigenvalue weighted by Crippen LogP contribution is -2.37. The maximum Gasteiger partial charge on any atom is 0.261 e. The van der Waals surface area contributed by atoms with Gasteiger partial charge in [-0.25, -0.2) is 0 Å². The van der Waals surface area contributed by atoms with Gasteiger partial charge in [-0.1, -0.05) is 35.9 Å². The van der Waals surface area contributed by atoms with Gasteiger partial charge < -0.3 is 10.1 Å². The molecular formula is C21H24ClNO2. The SMILES string of the molecule is C[C@@H](Oc1cccc(Cl)c1)C(=O)N[C@H](C)c1ccc2c(c1)CCCC2. The number of benzene rings is 2. The van der Waals surface area contributed by atoms with E-state index in [0.717, 1.165) is 12.0 Å². The second kappa shape index (κ2) is 7.92. The Morgan fingerprint density at radius 2 is 1.84 bits per heavy atom. The Balaban J connectivity index is 1.61. The van der Waals surface area contributed by atoms with Gasteiger partial charge >= 0.3 is 0 Å². The van der Waals surface area contributed by atoms with Gasteiger partial charge in [0.1, 0.15) is 5.75 Å². The highest BCUT2D eigenvalue weighted by Crippen LogP contribution is 2.25. The summed E-state index contributed by atoms with van der Waals surface area (Å²) >= 11 is 5.95. The number of hydrogen-bond donors (Lipinski definition) is 1. The number of hydrogen-bond acceptors (Lipinski definition) is 2. The van der Waals surface area contributed by atoms with Crippen molar-refractivity contribution < 1.29 is 9.53 Å². The first-order chi connectivity index (χ1) is 12.0. The van der Waals surface area contributed by atoms with Crippen molar-refractivity contribution in [1.82, 2.24) is 5.32 Å². The van der Waals surface area contributed by atoms with Crippen molar-refractivity contribution in [2.75, 3.05) is 0 Å². The molecular weight excluding hydrogens is 334 g/mol. The molecule has 1 aliphatic carbocycles. The number of aryl methyl sites for hydroxylation is 2. The highest BCUT2D eigenvalue weighted by atomic mass is 35.5. The van der Waals surface area contributed by atoms with Crippen LogP contribution in [0.25, 0.3) is 0 Å². The number of carbonyl (C=O) groups is 1. The largest absolute Gasteiger partial charge is 0.481 e. The molecule has 0 heterocycles. The zero-order chi connectivity index (χ0) is 17.8. The van der Waals surface area contributed by atoms with Crippen molar-refractivity contribution in [3.05, 3.63) is 64.2 Å². The van der Waals surface area contributed by atoms with Crippen molar-refractivity contribution in [2.45, 2.75) is 51.7 Å². The average Bonchev–Trinajstić information content (AvgIpc) is 2.61. The quantitative estimate of drug-likeness (QED) is 0.829. The molecule has 25 heavy (non-hydrogen) atoms. The molecule has 0 fully saturated rings. The molecule has 1 N–H and O–H groups in total. The van der Waals surface area contributed by atoms with Crippen LogP contribution in [0.3, 0.4) is 0 Å². The van der Waals surface area contributed by atoms with E-state index in [9.17, 15) is 4.79 Å². The smallest absolute Gasteiger partial charge is 0.261 e. The molecule has 0 aromatic heterocycles. The van der Waals surface area contributed by atoms with Crippen LogP contribution in [0.1, 0.15) is 49.4 Å². The minimum atomic E-state index is -0.585. The summed E-state index contributed by atoms with van der Waals surface area (Å²) in [5.74, 6) is 0.460. The van der Waals surface area contributed by atoms with Gasteiger partial charge in [-0.15, -0.1) is 0 Å². The van der Waals surface area contributed by atoms with E-state index >= 15 is 0 Å². The van der Waals surface area contributed by atoms with Gasteiger partial charge in [0.05, 0.1) is 6.04 Å². The molecule has 0 saturated carbocycles. The van der Waals surface area contributed by atoms with Crippen LogP contribution in [-0.4, -0.2) is 12.0 Å². The number of amides is 1. The van der Waals surface area contributed by atoms with Crippen LogP contribution >= 0.6 is 11.6 Å². The number of halogens is 1. The van der Waals surface area contributed by atoms with E-state index in [1.54, 1.807) is 31.2 Å². The lowest BCUT2D eigenvalue weighted by molar-refractivity contribution is -0.127. The Bertz CT molecular complexity index is 759. The Labute approximate surface area is 154 Å². The van der Waals surface area contributed by atoms with Gasteiger partial charge in [0.15, 0.2) is 6.10 Å². The highest BCUT2D eigenvalue weighted by Gasteiger charge is 2.19. The summed E-state index contributed by atoms with van der Waals surface area (Å²) in [4.78, 5) is 12.4. The summed E-state index contributed by atoms with van der Waals surface area (Å²) in [5, 5.41) is 3.63. The minimum Gasteiger partial charge on any atom is -0.481 e. The van der Waals surface area contributed by atoms with E-state index in [4.69, 9.17) is 16.3 Å². The molecule has 0 bridgehead atoms. The Morgan fingerprint density at radius 3 is 2.60 bits per heavy atom. The number of rotatable bonds is 5. The van der Waals surface area contributed by atoms with E-state index in [2.05, 4.69) is 23.5 Å². The molecule has 2 atom stereocenters. The van der Waals surface area contributed by atoms with Gasteiger partial charge in [-0.2, -0.15) is 0 Å². The Hall–Kier alpha value is -2.00. The molecule has 3 nitrogen and oxygen atoms in total. The predicted octanol–water partition coefficient (Wildman–Crippen LogP) is 4.86. The van der Waals surface area contributed by atoms with Gasteiger partial charge in [0, 0.05) is 5.02 Å². The number of carbonyl (C=O) groups excluding carboxylic acids is 1. The Morgan fingerprint density at radius 1 is 1.08 bits per heavy atom. The van der Waals surface area contributed by atoms with E-state index < -0.39 is 6.10 Å². The van der Waals surface area contributed by atoms with E-state index in [1.807, 2.05) is 6.92 Å². The second-order valence-corrected chi connectivity index (χ2v) is 7.12. The third-order valence-electron chi connectivity index (χ3n) is 4.71. The van der Waals surface area contributed by atoms with Gasteiger partial charge in [-0.3, -0.25) is 4.79 Å². The molecule has 4 heteroatoms. The molecule has 3 rings (SSSR count). The summed E-state index contributed by atoms with van der Waals surface area (Å²) in [7, 11) is 0. The lowest BCUT2D eigenvalue weighted by atomic mass is 9.89. The molecule has 0 saturated heterocycles. The van der Waals surface area contributed by atoms with Crippen LogP contribution in [0, 0.1) is 0 Å². The van der Waals surface area contributed by atoms with Gasteiger partial charge in [-0.05, 0) is 74.4 Å². The number of ether oxygens (including phenoxy) is 1. The summed E-state index contributed by atoms with van der Waals surface area (Å²) in [6.45, 7) is 3.75. The molecule has 2 aromatic carbocycles. The first kappa shape index (κ1) is 17.8. The molecule has 1 amide bonds. The fourth-order valence-corrected chi connectivity index (χ4v) is 3.42. The van der Waals surface area contributed by atoms with Crippen molar-refractivity contribution in [2.24, 2.45) is 0 Å². The molecule has 2 aromatic rings. The fourth-order valence-electron chi connectivity index (χ4n) is 3.23. The Kier molecular flexibility index (Phi) is 5.64. The number of nitrogens with one attached hydrogen (secondary N) is 1. The molecule has 0 spiro atoms. The summed E-state index contributed by atoms with van der Waals surface area (Å²) in [5.41, 5.74) is 4.02. The average molecular weight is 358 g/mol. The summed E-state index contributed by atoms with van der Waals surface area (Å²) in [6, 6.07) is 13.6. The lowest BCUT2D eigenvalue weighted by Gasteiger charge is -2.21. The van der Waals surface area contributed by atoms with Gasteiger partial charge in [0.2, 0.25) is 0 Å². The monoisotopic (exact) mass is 357 g/mol. The minimum absolute atomic E-state index is 0.0508.